The number of alkyl halides is 2. The van der Waals surface area contributed by atoms with Crippen LogP contribution in [0.4, 0.5) is 11.4 Å². The molecule has 7 aromatic rings. The summed E-state index contributed by atoms with van der Waals surface area (Å²) in [6, 6.07) is 32.8. The van der Waals surface area contributed by atoms with Gasteiger partial charge in [0, 0.05) is 90.7 Å². The number of hydrogen-bond acceptors (Lipinski definition) is 9. The second kappa shape index (κ2) is 19.5. The monoisotopic (exact) mass is 986 g/mol. The molecule has 1 fully saturated rings. The molecule has 5 heterocycles. The van der Waals surface area contributed by atoms with E-state index in [9.17, 15) is 19.5 Å². The molecule has 10 rings (SSSR count). The first kappa shape index (κ1) is 46.3. The third-order valence-electron chi connectivity index (χ3n) is 14.0. The van der Waals surface area contributed by atoms with Gasteiger partial charge in [-0.3, -0.25) is 9.59 Å². The number of carbonyl (C=O) groups is 3. The van der Waals surface area contributed by atoms with Crippen molar-refractivity contribution in [1.82, 2.24) is 0 Å². The molecule has 5 atom stereocenters. The Kier molecular flexibility index (Phi) is 13.3. The average Bonchev–Trinajstić information content (AvgIpc) is 4.15. The van der Waals surface area contributed by atoms with Crippen molar-refractivity contribution in [2.24, 2.45) is 0 Å². The Morgan fingerprint density at radius 3 is 1.88 bits per heavy atom. The molecule has 0 spiro atoms. The van der Waals surface area contributed by atoms with Crippen LogP contribution in [-0.2, 0) is 23.9 Å². The van der Waals surface area contributed by atoms with Gasteiger partial charge in [-0.15, -0.1) is 45.9 Å². The molecule has 0 aliphatic carbocycles. The zero-order valence-electron chi connectivity index (χ0n) is 38.1. The summed E-state index contributed by atoms with van der Waals surface area (Å²) < 4.78 is 20.6. The first-order chi connectivity index (χ1) is 33.1. The molecular formula is C55H52Cl2N2O7S2. The molecule has 0 saturated carbocycles. The number of aryl methyl sites for hydroxylation is 2. The average molecular weight is 988 g/mol. The molecule has 5 aromatic carbocycles. The maximum Gasteiger partial charge on any atom is 0.335 e. The van der Waals surface area contributed by atoms with Crippen molar-refractivity contribution in [2.75, 3.05) is 41.8 Å². The molecule has 2 unspecified atom stereocenters. The van der Waals surface area contributed by atoms with E-state index >= 15 is 0 Å². The van der Waals surface area contributed by atoms with E-state index in [4.69, 9.17) is 37.4 Å². The van der Waals surface area contributed by atoms with Crippen LogP contribution in [0.1, 0.15) is 100 Å². The van der Waals surface area contributed by atoms with E-state index in [1.54, 1.807) is 27.2 Å². The highest BCUT2D eigenvalue weighted by Crippen LogP contribution is 2.51. The number of esters is 1. The molecule has 0 radical (unpaired) electrons. The van der Waals surface area contributed by atoms with E-state index in [0.717, 1.165) is 70.4 Å². The van der Waals surface area contributed by atoms with E-state index in [1.807, 2.05) is 42.6 Å². The van der Waals surface area contributed by atoms with E-state index in [-0.39, 0.29) is 54.1 Å². The molecule has 3 aliphatic heterocycles. The number of phenols is 1. The fourth-order valence-corrected chi connectivity index (χ4v) is 13.4. The van der Waals surface area contributed by atoms with Gasteiger partial charge in [0.15, 0.2) is 6.10 Å². The van der Waals surface area contributed by atoms with Crippen LogP contribution in [0.3, 0.4) is 0 Å². The second-order valence-corrected chi connectivity index (χ2v) is 20.5. The lowest BCUT2D eigenvalue weighted by molar-refractivity contribution is -0.188. The van der Waals surface area contributed by atoms with Crippen molar-refractivity contribution in [1.29, 1.82) is 0 Å². The number of halogens is 2. The summed E-state index contributed by atoms with van der Waals surface area (Å²) >= 11 is 16.2. The summed E-state index contributed by atoms with van der Waals surface area (Å²) in [7, 11) is 1.39. The lowest BCUT2D eigenvalue weighted by Crippen LogP contribution is -2.42. The van der Waals surface area contributed by atoms with Crippen molar-refractivity contribution in [3.63, 3.8) is 0 Å². The van der Waals surface area contributed by atoms with Gasteiger partial charge in [0.25, 0.3) is 0 Å². The normalized spacial score (nSPS) is 20.0. The number of benzene rings is 5. The Balaban J connectivity index is 0.891. The highest BCUT2D eigenvalue weighted by Gasteiger charge is 2.42. The van der Waals surface area contributed by atoms with Crippen LogP contribution in [0.25, 0.3) is 20.2 Å². The van der Waals surface area contributed by atoms with E-state index in [2.05, 4.69) is 73.0 Å². The number of methoxy groups -OCH3 is 1. The van der Waals surface area contributed by atoms with E-state index in [1.165, 1.54) is 18.4 Å². The van der Waals surface area contributed by atoms with Gasteiger partial charge >= 0.3 is 5.97 Å². The lowest BCUT2D eigenvalue weighted by atomic mass is 9.77. The van der Waals surface area contributed by atoms with Crippen LogP contribution >= 0.6 is 45.9 Å². The van der Waals surface area contributed by atoms with Gasteiger partial charge < -0.3 is 29.1 Å². The molecule has 9 nitrogen and oxygen atoms in total. The number of ether oxygens (including phenoxy) is 3. The smallest absolute Gasteiger partial charge is 0.335 e. The summed E-state index contributed by atoms with van der Waals surface area (Å²) in [5.74, 6) is 0.161. The van der Waals surface area contributed by atoms with Crippen LogP contribution in [0, 0.1) is 13.8 Å². The first-order valence-electron chi connectivity index (χ1n) is 23.2. The highest BCUT2D eigenvalue weighted by molar-refractivity contribution is 7.18. The largest absolute Gasteiger partial charge is 0.506 e. The fraction of sp³-hybridized carbons (Fsp3) is 0.327. The Bertz CT molecular complexity index is 2990. The third kappa shape index (κ3) is 8.34. The van der Waals surface area contributed by atoms with Crippen molar-refractivity contribution in [3.8, 4) is 11.5 Å². The Labute approximate surface area is 414 Å². The summed E-state index contributed by atoms with van der Waals surface area (Å²) in [6.07, 6.45) is 0.0299. The minimum absolute atomic E-state index is 0.0582. The number of carbonyl (C=O) groups excluding carboxylic acids is 3. The highest BCUT2D eigenvalue weighted by atomic mass is 35.5. The standard InChI is InChI=1S/C55H52Cl2N2O7S2/c1-31-29-67-53-42(60)23-40-50(47(31)53)35(25-56)27-58(40)44(61)19-12-20-45(62)59-28-36(26-57)51-41(59)24-43(54-48(51)32(2)30-68-54)65-46-22-21-39(52(66-46)55(63)64-3)37-17-10-11-18-38(37)49(33-13-6-4-7-14-33)34-15-8-5-9-16-34/h4-11,13-18,23-24,29-30,35-36,39,46,49,52,60H,12,19-22,25-28H2,1-3H3/t35?,36?,39-,46+,52-/m0/s1. The topological polar surface area (TPSA) is 106 Å². The number of amides is 2. The number of phenolic OH excluding ortho intramolecular Hbond substituents is 1. The van der Waals surface area contributed by atoms with Crippen molar-refractivity contribution < 1.29 is 33.7 Å². The first-order valence-corrected chi connectivity index (χ1v) is 26.0. The number of nitrogens with zero attached hydrogens (tertiary/aromatic N) is 2. The van der Waals surface area contributed by atoms with Gasteiger partial charge in [-0.2, -0.15) is 0 Å². The Morgan fingerprint density at radius 1 is 0.750 bits per heavy atom. The SMILES string of the molecule is COC(=O)[C@H]1O[C@@H](Oc2cc3c(c4c(C)csc24)C(CCl)CN3C(=O)CCCC(=O)N2CC(CCl)c3c2cc(O)c2scc(C)c32)CC[C@H]1c1ccccc1C(c1ccccc1)c1ccccc1. The van der Waals surface area contributed by atoms with Crippen LogP contribution in [0.5, 0.6) is 11.5 Å². The van der Waals surface area contributed by atoms with Gasteiger partial charge in [0.2, 0.25) is 18.1 Å². The molecule has 2 aromatic heterocycles. The maximum absolute atomic E-state index is 14.3. The molecule has 13 heteroatoms. The van der Waals surface area contributed by atoms with Gasteiger partial charge in [-0.25, -0.2) is 4.79 Å². The summed E-state index contributed by atoms with van der Waals surface area (Å²) in [4.78, 5) is 45.5. The van der Waals surface area contributed by atoms with Gasteiger partial charge in [0.1, 0.15) is 11.5 Å². The van der Waals surface area contributed by atoms with Crippen molar-refractivity contribution in [3.05, 3.63) is 152 Å². The van der Waals surface area contributed by atoms with E-state index < -0.39 is 18.4 Å². The molecule has 2 amide bonds. The predicted molar refractivity (Wildman–Crippen MR) is 274 cm³/mol. The summed E-state index contributed by atoms with van der Waals surface area (Å²) in [6.45, 7) is 4.91. The van der Waals surface area contributed by atoms with Crippen LogP contribution < -0.4 is 14.5 Å². The molecular weight excluding hydrogens is 936 g/mol. The Hall–Kier alpha value is -5.43. The molecule has 1 N–H and O–H groups in total. The van der Waals surface area contributed by atoms with Crippen molar-refractivity contribution in [2.45, 2.75) is 82.0 Å². The maximum atomic E-state index is 14.3. The van der Waals surface area contributed by atoms with Gasteiger partial charge in [-0.05, 0) is 82.0 Å². The zero-order chi connectivity index (χ0) is 47.2. The number of rotatable bonds is 13. The summed E-state index contributed by atoms with van der Waals surface area (Å²) in [5.41, 5.74) is 9.98. The number of hydrogen-bond donors (Lipinski definition) is 1. The molecule has 1 saturated heterocycles. The van der Waals surface area contributed by atoms with E-state index in [0.29, 0.717) is 55.5 Å². The molecule has 3 aliphatic rings. The van der Waals surface area contributed by atoms with Crippen LogP contribution in [0.15, 0.2) is 108 Å². The van der Waals surface area contributed by atoms with Gasteiger partial charge in [-0.1, -0.05) is 84.9 Å². The number of aromatic hydroxyl groups is 1. The predicted octanol–water partition coefficient (Wildman–Crippen LogP) is 12.7. The number of anilines is 2. The number of thiophene rings is 2. The number of fused-ring (bicyclic) bond motifs is 6. The van der Waals surface area contributed by atoms with Crippen LogP contribution in [-0.4, -0.2) is 67.2 Å². The Morgan fingerprint density at radius 2 is 1.29 bits per heavy atom. The van der Waals surface area contributed by atoms with Crippen molar-refractivity contribution >= 4 is 95.2 Å². The third-order valence-corrected chi connectivity index (χ3v) is 17.0. The minimum atomic E-state index is -0.940. The zero-order valence-corrected chi connectivity index (χ0v) is 41.2. The fourth-order valence-electron chi connectivity index (χ4n) is 10.9. The lowest BCUT2D eigenvalue weighted by Gasteiger charge is -2.37. The molecule has 0 bridgehead atoms. The minimum Gasteiger partial charge on any atom is -0.506 e. The molecule has 350 valence electrons. The quantitative estimate of drug-likeness (QED) is 0.0697. The second-order valence-electron chi connectivity index (χ2n) is 18.1. The van der Waals surface area contributed by atoms with Gasteiger partial charge in [0.05, 0.1) is 27.9 Å². The van der Waals surface area contributed by atoms with Crippen LogP contribution in [0.2, 0.25) is 0 Å². The molecule has 68 heavy (non-hydrogen) atoms. The summed E-state index contributed by atoms with van der Waals surface area (Å²) in [5, 5.41) is 17.0.